The molecule has 7 heavy (non-hydrogen) atoms. The molecule has 0 aromatic carbocycles. The molecule has 0 spiro atoms. The van der Waals surface area contributed by atoms with E-state index in [1.807, 2.05) is 6.07 Å². The number of aliphatic hydroxyl groups excluding tert-OH is 1. The van der Waals surface area contributed by atoms with E-state index in [4.69, 9.17) is 10.4 Å². The van der Waals surface area contributed by atoms with Crippen LogP contribution in [0.1, 0.15) is 0 Å². The van der Waals surface area contributed by atoms with Gasteiger partial charge in [0.25, 0.3) is 0 Å². The molecule has 0 radical (unpaired) electrons. The Bertz CT molecular complexity index is 95.6. The molecule has 0 saturated carbocycles. The zero-order valence-corrected chi connectivity index (χ0v) is 4.60. The van der Waals surface area contributed by atoms with Crippen LogP contribution < -0.4 is 0 Å². The molecular weight excluding hydrogens is 87.7 g/mol. The second-order valence-electron chi connectivity index (χ2n) is 2.15. The van der Waals surface area contributed by atoms with Gasteiger partial charge in [-0.1, -0.05) is 0 Å². The van der Waals surface area contributed by atoms with Gasteiger partial charge in [-0.15, -0.1) is 0 Å². The fraction of sp³-hybridized carbons (Fsp3) is 0.667. The summed E-state index contributed by atoms with van der Waals surface area (Å²) in [5.41, 5.74) is 0. The highest BCUT2D eigenvalue weighted by Crippen LogP contribution is 2.09. The molecule has 0 bridgehead atoms. The SMILES string of the molecule is BC(B)(C#N)CO. The Hall–Kier alpha value is -0.420. The molecule has 1 N–H and O–H groups in total. The molecule has 0 saturated heterocycles. The summed E-state index contributed by atoms with van der Waals surface area (Å²) >= 11 is 0. The molecular formula is C3H7B2NO. The van der Waals surface area contributed by atoms with Crippen LogP contribution in [-0.4, -0.2) is 27.4 Å². The topological polar surface area (TPSA) is 44.0 Å². The average Bonchev–Trinajstić information content (AvgIpc) is 1.68. The Morgan fingerprint density at radius 2 is 2.14 bits per heavy atom. The summed E-state index contributed by atoms with van der Waals surface area (Å²) in [4.78, 5) is 0. The summed E-state index contributed by atoms with van der Waals surface area (Å²) in [6.07, 6.45) is 0. The van der Waals surface area contributed by atoms with Crippen LogP contribution in [0.3, 0.4) is 0 Å². The van der Waals surface area contributed by atoms with E-state index < -0.39 is 5.21 Å². The predicted molar refractivity (Wildman–Crippen MR) is 32.5 cm³/mol. The van der Waals surface area contributed by atoms with Gasteiger partial charge < -0.3 is 5.11 Å². The van der Waals surface area contributed by atoms with Crippen molar-refractivity contribution in [3.63, 3.8) is 0 Å². The van der Waals surface area contributed by atoms with Crippen molar-refractivity contribution < 1.29 is 5.11 Å². The van der Waals surface area contributed by atoms with Crippen LogP contribution in [0.25, 0.3) is 0 Å². The zero-order valence-electron chi connectivity index (χ0n) is 4.60. The van der Waals surface area contributed by atoms with Gasteiger partial charge in [0.05, 0.1) is 6.07 Å². The Labute approximate surface area is 45.0 Å². The Kier molecular flexibility index (Phi) is 1.91. The van der Waals surface area contributed by atoms with E-state index in [9.17, 15) is 0 Å². The highest BCUT2D eigenvalue weighted by Gasteiger charge is 2.13. The highest BCUT2D eigenvalue weighted by atomic mass is 16.3. The van der Waals surface area contributed by atoms with Crippen molar-refractivity contribution >= 4 is 15.7 Å². The molecule has 0 heterocycles. The molecule has 0 aliphatic heterocycles. The average molecular weight is 94.7 g/mol. The third-order valence-corrected chi connectivity index (χ3v) is 0.698. The number of hydrogen-bond donors (Lipinski definition) is 1. The van der Waals surface area contributed by atoms with Crippen LogP contribution in [-0.2, 0) is 0 Å². The molecule has 36 valence electrons. The van der Waals surface area contributed by atoms with Crippen LogP contribution in [0.15, 0.2) is 0 Å². The van der Waals surface area contributed by atoms with Gasteiger partial charge >= 0.3 is 0 Å². The van der Waals surface area contributed by atoms with Gasteiger partial charge in [-0.3, -0.25) is 0 Å². The standard InChI is InChI=1S/C3H7B2NO/c4-3(5,1-6)2-7/h7H,2,4-5H2. The first kappa shape index (κ1) is 6.58. The van der Waals surface area contributed by atoms with Gasteiger partial charge in [0.1, 0.15) is 15.7 Å². The van der Waals surface area contributed by atoms with E-state index in [-0.39, 0.29) is 6.61 Å². The van der Waals surface area contributed by atoms with Crippen LogP contribution in [0.4, 0.5) is 0 Å². The lowest BCUT2D eigenvalue weighted by Crippen LogP contribution is -2.14. The maximum Gasteiger partial charge on any atom is 0.120 e. The lowest BCUT2D eigenvalue weighted by molar-refractivity contribution is 0.293. The van der Waals surface area contributed by atoms with Gasteiger partial charge in [0.2, 0.25) is 0 Å². The molecule has 4 heteroatoms. The number of hydrogen-bond acceptors (Lipinski definition) is 2. The minimum absolute atomic E-state index is 0.0660. The van der Waals surface area contributed by atoms with Crippen molar-refractivity contribution in [1.82, 2.24) is 0 Å². The lowest BCUT2D eigenvalue weighted by Gasteiger charge is -2.07. The predicted octanol–water partition coefficient (Wildman–Crippen LogP) is -2.12. The molecule has 0 atom stereocenters. The van der Waals surface area contributed by atoms with Crippen LogP contribution in [0.5, 0.6) is 0 Å². The van der Waals surface area contributed by atoms with Crippen molar-refractivity contribution in [1.29, 1.82) is 5.26 Å². The maximum absolute atomic E-state index is 8.37. The van der Waals surface area contributed by atoms with Crippen molar-refractivity contribution in [3.8, 4) is 6.07 Å². The van der Waals surface area contributed by atoms with E-state index in [0.29, 0.717) is 0 Å². The second kappa shape index (κ2) is 2.04. The molecule has 2 nitrogen and oxygen atoms in total. The van der Waals surface area contributed by atoms with E-state index in [2.05, 4.69) is 0 Å². The molecule has 0 aliphatic rings. The normalized spacial score (nSPS) is 10.3. The van der Waals surface area contributed by atoms with Gasteiger partial charge in [-0.25, -0.2) is 0 Å². The molecule has 0 rings (SSSR count). The fourth-order valence-corrected chi connectivity index (χ4v) is 0.0354. The summed E-state index contributed by atoms with van der Waals surface area (Å²) < 4.78 is 0. The van der Waals surface area contributed by atoms with E-state index in [0.717, 1.165) is 0 Å². The van der Waals surface area contributed by atoms with E-state index in [1.54, 1.807) is 15.7 Å². The third kappa shape index (κ3) is 2.30. The second-order valence-corrected chi connectivity index (χ2v) is 2.15. The zero-order chi connectivity index (χ0) is 5.91. The van der Waals surface area contributed by atoms with Gasteiger partial charge in [-0.05, 0) is 0 Å². The minimum atomic E-state index is -0.556. The van der Waals surface area contributed by atoms with Crippen molar-refractivity contribution in [2.75, 3.05) is 6.61 Å². The summed E-state index contributed by atoms with van der Waals surface area (Å²) in [6.45, 7) is -0.0660. The summed E-state index contributed by atoms with van der Waals surface area (Å²) in [7, 11) is 3.38. The van der Waals surface area contributed by atoms with Crippen molar-refractivity contribution in [2.45, 2.75) is 5.21 Å². The number of nitrogens with zero attached hydrogens (tertiary/aromatic N) is 1. The van der Waals surface area contributed by atoms with Crippen LogP contribution in [0, 0.1) is 11.3 Å². The molecule has 0 fully saturated rings. The first-order chi connectivity index (χ1) is 3.12. The number of nitriles is 1. The third-order valence-electron chi connectivity index (χ3n) is 0.698. The van der Waals surface area contributed by atoms with E-state index in [1.165, 1.54) is 0 Å². The van der Waals surface area contributed by atoms with E-state index >= 15 is 0 Å². The largest absolute Gasteiger partial charge is 0.396 e. The summed E-state index contributed by atoms with van der Waals surface area (Å²) in [6, 6.07) is 1.94. The first-order valence-corrected chi connectivity index (χ1v) is 2.14. The monoisotopic (exact) mass is 95.1 g/mol. The summed E-state index contributed by atoms with van der Waals surface area (Å²) in [5.74, 6) is 0. The van der Waals surface area contributed by atoms with Crippen molar-refractivity contribution in [3.05, 3.63) is 0 Å². The Balaban J connectivity index is 3.66. The fourth-order valence-electron chi connectivity index (χ4n) is 0.0354. The smallest absolute Gasteiger partial charge is 0.120 e. The first-order valence-electron chi connectivity index (χ1n) is 2.14. The Morgan fingerprint density at radius 1 is 1.71 bits per heavy atom. The summed E-state index contributed by atoms with van der Waals surface area (Å²) in [5, 5.41) is 16.0. The van der Waals surface area contributed by atoms with Crippen LogP contribution in [0.2, 0.25) is 5.21 Å². The number of rotatable bonds is 1. The van der Waals surface area contributed by atoms with Crippen molar-refractivity contribution in [2.24, 2.45) is 0 Å². The molecule has 0 aliphatic carbocycles. The van der Waals surface area contributed by atoms with Crippen LogP contribution >= 0.6 is 0 Å². The molecule has 0 amide bonds. The van der Waals surface area contributed by atoms with Gasteiger partial charge in [0.15, 0.2) is 0 Å². The van der Waals surface area contributed by atoms with Gasteiger partial charge in [0, 0.05) is 11.8 Å². The van der Waals surface area contributed by atoms with Gasteiger partial charge in [-0.2, -0.15) is 5.26 Å². The molecule has 0 aromatic rings. The molecule has 0 unspecified atom stereocenters. The maximum atomic E-state index is 8.37. The lowest BCUT2D eigenvalue weighted by atomic mass is 9.56. The minimum Gasteiger partial charge on any atom is -0.396 e. The quantitative estimate of drug-likeness (QED) is 0.378. The Morgan fingerprint density at radius 3 is 2.14 bits per heavy atom. The highest BCUT2D eigenvalue weighted by molar-refractivity contribution is 6.42. The number of aliphatic hydroxyl groups is 1. The molecule has 0 aromatic heterocycles.